The van der Waals surface area contributed by atoms with Gasteiger partial charge in [-0.2, -0.15) is 0 Å². The summed E-state index contributed by atoms with van der Waals surface area (Å²) in [5.74, 6) is -1.37. The molecule has 4 N–H and O–H groups in total. The number of carbonyl (C=O) groups excluding carboxylic acids is 1. The Hall–Kier alpha value is -4.16. The number of aromatic carboxylic acids is 1. The third kappa shape index (κ3) is 4.86. The summed E-state index contributed by atoms with van der Waals surface area (Å²) in [4.78, 5) is 23.7. The fourth-order valence-corrected chi connectivity index (χ4v) is 3.64. The summed E-state index contributed by atoms with van der Waals surface area (Å²) in [7, 11) is 0. The van der Waals surface area contributed by atoms with Crippen LogP contribution >= 0.6 is 0 Å². The van der Waals surface area contributed by atoms with E-state index in [1.54, 1.807) is 24.3 Å². The minimum atomic E-state index is -1.16. The van der Waals surface area contributed by atoms with E-state index in [9.17, 15) is 19.8 Å². The first-order valence-corrected chi connectivity index (χ1v) is 10.4. The van der Waals surface area contributed by atoms with Gasteiger partial charge in [-0.05, 0) is 65.2 Å². The molecular formula is C27H23NO5. The molecule has 4 aromatic carbocycles. The molecule has 0 heterocycles. The van der Waals surface area contributed by atoms with Crippen molar-refractivity contribution in [2.75, 3.05) is 0 Å². The number of aromatic hydroxyl groups is 1. The van der Waals surface area contributed by atoms with Crippen LogP contribution in [0.15, 0.2) is 78.9 Å². The van der Waals surface area contributed by atoms with Crippen LogP contribution in [-0.2, 0) is 6.54 Å². The van der Waals surface area contributed by atoms with Crippen molar-refractivity contribution in [2.24, 2.45) is 0 Å². The number of phenols is 1. The molecule has 0 aliphatic carbocycles. The van der Waals surface area contributed by atoms with E-state index < -0.39 is 12.1 Å². The standard InChI is InChI=1S/C27H23NO5/c1-16-2-4-17(5-3-16)15-28-26(31)21-11-10-20-14-24(29)23(13-22(20)12-21)25(30)18-6-8-19(9-7-18)27(32)33/h2-14,25,29-30H,15H2,1H3,(H,28,31)(H,32,33). The smallest absolute Gasteiger partial charge is 0.335 e. The molecule has 1 amide bonds. The lowest BCUT2D eigenvalue weighted by Gasteiger charge is -2.15. The van der Waals surface area contributed by atoms with Crippen molar-refractivity contribution in [1.82, 2.24) is 5.32 Å². The van der Waals surface area contributed by atoms with Crippen LogP contribution in [0.3, 0.4) is 0 Å². The molecule has 0 aliphatic rings. The van der Waals surface area contributed by atoms with Crippen LogP contribution in [0.4, 0.5) is 0 Å². The van der Waals surface area contributed by atoms with Crippen molar-refractivity contribution >= 4 is 22.6 Å². The normalized spacial score (nSPS) is 11.8. The van der Waals surface area contributed by atoms with Crippen LogP contribution in [0.1, 0.15) is 49.1 Å². The molecule has 0 aliphatic heterocycles. The minimum Gasteiger partial charge on any atom is -0.508 e. The quantitative estimate of drug-likeness (QED) is 0.351. The fraction of sp³-hybridized carbons (Fsp3) is 0.111. The maximum absolute atomic E-state index is 12.7. The van der Waals surface area contributed by atoms with E-state index in [2.05, 4.69) is 5.32 Å². The third-order valence-corrected chi connectivity index (χ3v) is 5.59. The SMILES string of the molecule is Cc1ccc(CNC(=O)c2ccc3cc(O)c(C(O)c4ccc(C(=O)O)cc4)cc3c2)cc1. The Morgan fingerprint density at radius 1 is 0.848 bits per heavy atom. The number of hydrogen-bond donors (Lipinski definition) is 4. The first kappa shape index (κ1) is 22.0. The van der Waals surface area contributed by atoms with E-state index in [-0.39, 0.29) is 22.8 Å². The predicted octanol–water partition coefficient (Wildman–Crippen LogP) is 4.56. The largest absolute Gasteiger partial charge is 0.508 e. The number of phenolic OH excluding ortho intramolecular Hbond substituents is 1. The summed E-state index contributed by atoms with van der Waals surface area (Å²) >= 11 is 0. The van der Waals surface area contributed by atoms with Crippen molar-refractivity contribution in [3.05, 3.63) is 112 Å². The molecule has 6 nitrogen and oxygen atoms in total. The second kappa shape index (κ2) is 9.14. The van der Waals surface area contributed by atoms with Gasteiger partial charge in [0.1, 0.15) is 11.9 Å². The first-order valence-electron chi connectivity index (χ1n) is 10.4. The maximum atomic E-state index is 12.7. The van der Waals surface area contributed by atoms with Gasteiger partial charge in [0.05, 0.1) is 5.56 Å². The van der Waals surface area contributed by atoms with Crippen LogP contribution in [0.2, 0.25) is 0 Å². The number of carboxylic acids is 1. The van der Waals surface area contributed by atoms with Crippen molar-refractivity contribution in [3.8, 4) is 5.75 Å². The molecule has 6 heteroatoms. The van der Waals surface area contributed by atoms with Gasteiger partial charge in [0, 0.05) is 17.7 Å². The molecule has 0 bridgehead atoms. The highest BCUT2D eigenvalue weighted by Gasteiger charge is 2.17. The second-order valence-electron chi connectivity index (χ2n) is 7.97. The Morgan fingerprint density at radius 2 is 1.52 bits per heavy atom. The molecule has 1 atom stereocenters. The van der Waals surface area contributed by atoms with Crippen molar-refractivity contribution in [2.45, 2.75) is 19.6 Å². The van der Waals surface area contributed by atoms with Gasteiger partial charge < -0.3 is 20.6 Å². The lowest BCUT2D eigenvalue weighted by molar-refractivity contribution is 0.0696. The van der Waals surface area contributed by atoms with E-state index in [0.717, 1.165) is 16.5 Å². The summed E-state index contributed by atoms with van der Waals surface area (Å²) in [5, 5.41) is 34.6. The summed E-state index contributed by atoms with van der Waals surface area (Å²) in [6, 6.07) is 22.0. The van der Waals surface area contributed by atoms with Gasteiger partial charge in [-0.1, -0.05) is 48.0 Å². The fourth-order valence-electron chi connectivity index (χ4n) is 3.64. The zero-order valence-electron chi connectivity index (χ0n) is 17.9. The Balaban J connectivity index is 1.58. The number of aliphatic hydroxyl groups excluding tert-OH is 1. The number of carboxylic acid groups (broad SMARTS) is 1. The minimum absolute atomic E-state index is 0.0890. The van der Waals surface area contributed by atoms with Gasteiger partial charge in [0.25, 0.3) is 5.91 Å². The van der Waals surface area contributed by atoms with Gasteiger partial charge in [-0.15, -0.1) is 0 Å². The average Bonchev–Trinajstić information content (AvgIpc) is 2.82. The highest BCUT2D eigenvalue weighted by Crippen LogP contribution is 2.33. The van der Waals surface area contributed by atoms with Gasteiger partial charge in [0.2, 0.25) is 0 Å². The zero-order chi connectivity index (χ0) is 23.5. The summed E-state index contributed by atoms with van der Waals surface area (Å²) in [6.45, 7) is 2.41. The van der Waals surface area contributed by atoms with Crippen LogP contribution < -0.4 is 5.32 Å². The lowest BCUT2D eigenvalue weighted by Crippen LogP contribution is -2.22. The summed E-state index contributed by atoms with van der Waals surface area (Å²) in [5.41, 5.74) is 3.43. The number of carbonyl (C=O) groups is 2. The number of nitrogens with one attached hydrogen (secondary N) is 1. The molecule has 0 radical (unpaired) electrons. The van der Waals surface area contributed by atoms with E-state index >= 15 is 0 Å². The van der Waals surface area contributed by atoms with E-state index in [1.165, 1.54) is 30.3 Å². The van der Waals surface area contributed by atoms with Crippen molar-refractivity contribution in [3.63, 3.8) is 0 Å². The molecule has 0 aromatic heterocycles. The molecule has 0 fully saturated rings. The molecule has 4 aromatic rings. The summed E-state index contributed by atoms with van der Waals surface area (Å²) < 4.78 is 0. The molecule has 0 spiro atoms. The van der Waals surface area contributed by atoms with Gasteiger partial charge in [0.15, 0.2) is 0 Å². The lowest BCUT2D eigenvalue weighted by atomic mass is 9.96. The molecule has 4 rings (SSSR count). The van der Waals surface area contributed by atoms with Crippen LogP contribution in [0, 0.1) is 6.92 Å². The highest BCUT2D eigenvalue weighted by atomic mass is 16.4. The predicted molar refractivity (Wildman–Crippen MR) is 125 cm³/mol. The average molecular weight is 441 g/mol. The van der Waals surface area contributed by atoms with Crippen LogP contribution in [-0.4, -0.2) is 27.2 Å². The van der Waals surface area contributed by atoms with Gasteiger partial charge in [-0.25, -0.2) is 4.79 Å². The Morgan fingerprint density at radius 3 is 2.18 bits per heavy atom. The number of aryl methyl sites for hydroxylation is 1. The van der Waals surface area contributed by atoms with Crippen LogP contribution in [0.25, 0.3) is 10.8 Å². The molecule has 33 heavy (non-hydrogen) atoms. The number of rotatable bonds is 6. The van der Waals surface area contributed by atoms with Crippen molar-refractivity contribution < 1.29 is 24.9 Å². The van der Waals surface area contributed by atoms with E-state index in [4.69, 9.17) is 5.11 Å². The maximum Gasteiger partial charge on any atom is 0.335 e. The first-order chi connectivity index (χ1) is 15.8. The topological polar surface area (TPSA) is 107 Å². The highest BCUT2D eigenvalue weighted by molar-refractivity contribution is 5.99. The zero-order valence-corrected chi connectivity index (χ0v) is 17.9. The number of aliphatic hydroxyl groups is 1. The van der Waals surface area contributed by atoms with Crippen molar-refractivity contribution in [1.29, 1.82) is 0 Å². The Kier molecular flexibility index (Phi) is 6.11. The Labute approximate surface area is 190 Å². The number of benzene rings is 4. The van der Waals surface area contributed by atoms with E-state index in [1.807, 2.05) is 31.2 Å². The van der Waals surface area contributed by atoms with Gasteiger partial charge >= 0.3 is 5.97 Å². The Bertz CT molecular complexity index is 1330. The van der Waals surface area contributed by atoms with E-state index in [0.29, 0.717) is 23.1 Å². The van der Waals surface area contributed by atoms with Crippen LogP contribution in [0.5, 0.6) is 5.75 Å². The molecule has 166 valence electrons. The summed E-state index contributed by atoms with van der Waals surface area (Å²) in [6.07, 6.45) is -1.16. The monoisotopic (exact) mass is 441 g/mol. The third-order valence-electron chi connectivity index (χ3n) is 5.59. The van der Waals surface area contributed by atoms with Gasteiger partial charge in [-0.3, -0.25) is 4.79 Å². The molecule has 0 saturated carbocycles. The number of fused-ring (bicyclic) bond motifs is 1. The molecular weight excluding hydrogens is 418 g/mol. The number of amides is 1. The number of hydrogen-bond acceptors (Lipinski definition) is 4. The molecule has 0 saturated heterocycles. The second-order valence-corrected chi connectivity index (χ2v) is 7.97. The molecule has 1 unspecified atom stereocenters.